The Labute approximate surface area is 199 Å². The average molecular weight is 464 g/mol. The smallest absolute Gasteiger partial charge is 0.226 e. The minimum absolute atomic E-state index is 0.0624. The van der Waals surface area contributed by atoms with Crippen molar-refractivity contribution in [3.63, 3.8) is 0 Å². The van der Waals surface area contributed by atoms with Crippen molar-refractivity contribution in [1.82, 2.24) is 30.1 Å². The highest BCUT2D eigenvalue weighted by Crippen LogP contribution is 2.33. The van der Waals surface area contributed by atoms with Gasteiger partial charge in [-0.15, -0.1) is 0 Å². The molecule has 6 rings (SSSR count). The lowest BCUT2D eigenvalue weighted by molar-refractivity contribution is -0.118. The molecule has 6 aromatic rings. The zero-order valence-corrected chi connectivity index (χ0v) is 19.0. The van der Waals surface area contributed by atoms with Gasteiger partial charge in [-0.1, -0.05) is 13.8 Å². The number of nitrogens with zero attached hydrogens (tertiary/aromatic N) is 4. The fourth-order valence-electron chi connectivity index (χ4n) is 3.99. The first-order valence-corrected chi connectivity index (χ1v) is 11.2. The molecule has 0 aliphatic heterocycles. The zero-order chi connectivity index (χ0) is 23.9. The number of aromatic amines is 2. The Morgan fingerprint density at radius 3 is 2.77 bits per heavy atom. The molecule has 0 fully saturated rings. The quantitative estimate of drug-likeness (QED) is 0.314. The van der Waals surface area contributed by atoms with Crippen molar-refractivity contribution in [2.45, 2.75) is 13.8 Å². The Bertz CT molecular complexity index is 1680. The Balaban J connectivity index is 1.41. The van der Waals surface area contributed by atoms with E-state index in [0.29, 0.717) is 11.4 Å². The number of pyridine rings is 3. The van der Waals surface area contributed by atoms with Gasteiger partial charge in [0.2, 0.25) is 5.91 Å². The first kappa shape index (κ1) is 20.8. The standard InChI is InChI=1S/C26H21N7O2/c1-14(2)26(34)29-17-9-16(11-27-12-17)19-3-4-21-24(31-19)25(33-32-21)22-10-18-20(30-22)5-7-28-23(18)15-6-8-35-13-15/h3-14,30H,1-2H3,(H,29,34)(H,32,33). The summed E-state index contributed by atoms with van der Waals surface area (Å²) >= 11 is 0. The predicted molar refractivity (Wildman–Crippen MR) is 133 cm³/mol. The number of carbonyl (C=O) groups excluding carboxylic acids is 1. The molecule has 1 amide bonds. The van der Waals surface area contributed by atoms with E-state index in [1.165, 1.54) is 0 Å². The molecule has 0 aliphatic carbocycles. The summed E-state index contributed by atoms with van der Waals surface area (Å²) in [4.78, 5) is 29.2. The minimum Gasteiger partial charge on any atom is -0.472 e. The van der Waals surface area contributed by atoms with Crippen LogP contribution in [0, 0.1) is 5.92 Å². The van der Waals surface area contributed by atoms with Gasteiger partial charge in [0, 0.05) is 40.3 Å². The molecule has 0 radical (unpaired) electrons. The molecule has 0 bridgehead atoms. The lowest BCUT2D eigenvalue weighted by Gasteiger charge is -2.08. The molecule has 6 heterocycles. The summed E-state index contributed by atoms with van der Waals surface area (Å²) in [5, 5.41) is 11.5. The van der Waals surface area contributed by atoms with Gasteiger partial charge in [-0.05, 0) is 36.4 Å². The van der Waals surface area contributed by atoms with E-state index in [1.807, 2.05) is 50.2 Å². The summed E-state index contributed by atoms with van der Waals surface area (Å²) in [5.74, 6) is -0.185. The summed E-state index contributed by atoms with van der Waals surface area (Å²) in [6, 6.07) is 11.6. The first-order chi connectivity index (χ1) is 17.1. The molecule has 6 aromatic heterocycles. The molecule has 0 atom stereocenters. The van der Waals surface area contributed by atoms with E-state index in [-0.39, 0.29) is 11.8 Å². The number of amides is 1. The fraction of sp³-hybridized carbons (Fsp3) is 0.115. The summed E-state index contributed by atoms with van der Waals surface area (Å²) in [5.41, 5.74) is 7.90. The third-order valence-corrected chi connectivity index (χ3v) is 5.83. The van der Waals surface area contributed by atoms with Gasteiger partial charge in [-0.2, -0.15) is 5.10 Å². The predicted octanol–water partition coefficient (Wildman–Crippen LogP) is 5.42. The fourth-order valence-corrected chi connectivity index (χ4v) is 3.99. The van der Waals surface area contributed by atoms with Crippen molar-refractivity contribution in [1.29, 1.82) is 0 Å². The largest absolute Gasteiger partial charge is 0.472 e. The number of rotatable bonds is 5. The van der Waals surface area contributed by atoms with E-state index < -0.39 is 0 Å². The van der Waals surface area contributed by atoms with Gasteiger partial charge < -0.3 is 14.7 Å². The van der Waals surface area contributed by atoms with Crippen molar-refractivity contribution in [3.05, 3.63) is 67.5 Å². The molecule has 9 nitrogen and oxygen atoms in total. The van der Waals surface area contributed by atoms with Crippen LogP contribution >= 0.6 is 0 Å². The van der Waals surface area contributed by atoms with Crippen LogP contribution in [0.2, 0.25) is 0 Å². The molecule has 172 valence electrons. The molecule has 0 spiro atoms. The lowest BCUT2D eigenvalue weighted by atomic mass is 10.1. The third kappa shape index (κ3) is 3.72. The highest BCUT2D eigenvalue weighted by molar-refractivity contribution is 5.99. The molecule has 35 heavy (non-hydrogen) atoms. The average Bonchev–Trinajstić information content (AvgIpc) is 3.62. The second kappa shape index (κ2) is 8.21. The topological polar surface area (TPSA) is 125 Å². The van der Waals surface area contributed by atoms with Gasteiger partial charge in [0.15, 0.2) is 0 Å². The van der Waals surface area contributed by atoms with Crippen molar-refractivity contribution in [3.8, 4) is 33.9 Å². The number of fused-ring (bicyclic) bond motifs is 2. The maximum absolute atomic E-state index is 12.1. The molecule has 0 aromatic carbocycles. The van der Waals surface area contributed by atoms with E-state index in [2.05, 4.69) is 30.5 Å². The van der Waals surface area contributed by atoms with E-state index >= 15 is 0 Å². The van der Waals surface area contributed by atoms with Gasteiger partial charge in [0.1, 0.15) is 11.2 Å². The second-order valence-electron chi connectivity index (χ2n) is 8.59. The van der Waals surface area contributed by atoms with Crippen LogP contribution in [-0.4, -0.2) is 36.0 Å². The number of anilines is 1. The van der Waals surface area contributed by atoms with E-state index in [0.717, 1.165) is 50.1 Å². The van der Waals surface area contributed by atoms with Gasteiger partial charge >= 0.3 is 0 Å². The molecule has 0 aliphatic rings. The molecule has 9 heteroatoms. The molecule has 3 N–H and O–H groups in total. The van der Waals surface area contributed by atoms with E-state index in [9.17, 15) is 4.79 Å². The van der Waals surface area contributed by atoms with Crippen LogP contribution in [0.3, 0.4) is 0 Å². The molecular formula is C26H21N7O2. The number of hydrogen-bond donors (Lipinski definition) is 3. The van der Waals surface area contributed by atoms with Crippen LogP contribution < -0.4 is 5.32 Å². The summed E-state index contributed by atoms with van der Waals surface area (Å²) in [7, 11) is 0. The van der Waals surface area contributed by atoms with E-state index in [4.69, 9.17) is 9.40 Å². The van der Waals surface area contributed by atoms with Gasteiger partial charge in [0.05, 0.1) is 47.0 Å². The zero-order valence-electron chi connectivity index (χ0n) is 19.0. The maximum atomic E-state index is 12.1. The van der Waals surface area contributed by atoms with Crippen molar-refractivity contribution >= 4 is 33.5 Å². The van der Waals surface area contributed by atoms with Crippen LogP contribution in [-0.2, 0) is 4.79 Å². The highest BCUT2D eigenvalue weighted by Gasteiger charge is 2.16. The number of carbonyl (C=O) groups is 1. The SMILES string of the molecule is CC(C)C(=O)Nc1cncc(-c2ccc3[nH]nc(-c4cc5c(-c6ccoc6)nccc5[nH]4)c3n2)c1. The monoisotopic (exact) mass is 463 g/mol. The Morgan fingerprint density at radius 2 is 1.94 bits per heavy atom. The van der Waals surface area contributed by atoms with Gasteiger partial charge in [-0.3, -0.25) is 19.9 Å². The number of furan rings is 1. The normalized spacial score (nSPS) is 11.5. The summed E-state index contributed by atoms with van der Waals surface area (Å²) < 4.78 is 5.25. The van der Waals surface area contributed by atoms with Gasteiger partial charge in [0.25, 0.3) is 0 Å². The Kier molecular flexibility index (Phi) is 4.88. The number of nitrogens with one attached hydrogen (secondary N) is 3. The number of hydrogen-bond acceptors (Lipinski definition) is 6. The van der Waals surface area contributed by atoms with Crippen molar-refractivity contribution in [2.75, 3.05) is 5.32 Å². The minimum atomic E-state index is -0.123. The van der Waals surface area contributed by atoms with Crippen molar-refractivity contribution in [2.24, 2.45) is 5.92 Å². The summed E-state index contributed by atoms with van der Waals surface area (Å²) in [6.07, 6.45) is 8.43. The number of H-pyrrole nitrogens is 2. The van der Waals surface area contributed by atoms with E-state index in [1.54, 1.807) is 31.1 Å². The Morgan fingerprint density at radius 1 is 1.03 bits per heavy atom. The number of aromatic nitrogens is 6. The van der Waals surface area contributed by atoms with Crippen LogP contribution in [0.4, 0.5) is 5.69 Å². The van der Waals surface area contributed by atoms with Gasteiger partial charge in [-0.25, -0.2) is 4.98 Å². The maximum Gasteiger partial charge on any atom is 0.226 e. The second-order valence-corrected chi connectivity index (χ2v) is 8.59. The van der Waals surface area contributed by atoms with Crippen LogP contribution in [0.5, 0.6) is 0 Å². The summed E-state index contributed by atoms with van der Waals surface area (Å²) in [6.45, 7) is 3.70. The van der Waals surface area contributed by atoms with Crippen molar-refractivity contribution < 1.29 is 9.21 Å². The first-order valence-electron chi connectivity index (χ1n) is 11.2. The third-order valence-electron chi connectivity index (χ3n) is 5.83. The lowest BCUT2D eigenvalue weighted by Crippen LogP contribution is -2.17. The molecule has 0 saturated heterocycles. The molecule has 0 unspecified atom stereocenters. The van der Waals surface area contributed by atoms with Crippen LogP contribution in [0.25, 0.3) is 55.8 Å². The highest BCUT2D eigenvalue weighted by atomic mass is 16.3. The Hall–Kier alpha value is -4.79. The van der Waals surface area contributed by atoms with Crippen LogP contribution in [0.15, 0.2) is 71.9 Å². The molecular weight excluding hydrogens is 442 g/mol. The molecule has 0 saturated carbocycles. The van der Waals surface area contributed by atoms with Crippen LogP contribution in [0.1, 0.15) is 13.8 Å².